The lowest BCUT2D eigenvalue weighted by molar-refractivity contribution is 0.0471. The molecule has 3 nitrogen and oxygen atoms in total. The number of benzene rings is 1. The van der Waals surface area contributed by atoms with E-state index < -0.39 is 0 Å². The highest BCUT2D eigenvalue weighted by atomic mass is 16.5. The molecule has 1 aromatic carbocycles. The second kappa shape index (κ2) is 11.7. The quantitative estimate of drug-likeness (QED) is 0.301. The lowest BCUT2D eigenvalue weighted by Crippen LogP contribution is -2.35. The maximum atomic E-state index is 6.26. The van der Waals surface area contributed by atoms with Gasteiger partial charge in [0.25, 0.3) is 0 Å². The Morgan fingerprint density at radius 1 is 0.828 bits per heavy atom. The van der Waals surface area contributed by atoms with Crippen LogP contribution in [0.3, 0.4) is 0 Å². The summed E-state index contributed by atoms with van der Waals surface area (Å²) in [6.45, 7) is 2.30. The van der Waals surface area contributed by atoms with Crippen LogP contribution in [0.5, 0.6) is 5.75 Å². The average molecular weight is 401 g/mol. The first-order chi connectivity index (χ1) is 14.2. The van der Waals surface area contributed by atoms with Crippen LogP contribution in [-0.2, 0) is 0 Å². The van der Waals surface area contributed by atoms with Crippen LogP contribution in [0.25, 0.3) is 0 Å². The van der Waals surface area contributed by atoms with E-state index in [1.54, 1.807) is 6.07 Å². The molecule has 0 bridgehead atoms. The van der Waals surface area contributed by atoms with Crippen molar-refractivity contribution in [2.75, 3.05) is 11.5 Å². The van der Waals surface area contributed by atoms with Crippen molar-refractivity contribution in [2.24, 2.45) is 17.8 Å². The lowest BCUT2D eigenvalue weighted by Gasteiger charge is -2.42. The molecule has 4 unspecified atom stereocenters. The van der Waals surface area contributed by atoms with Gasteiger partial charge in [-0.05, 0) is 68.1 Å². The molecule has 0 spiro atoms. The van der Waals surface area contributed by atoms with Gasteiger partial charge in [-0.3, -0.25) is 0 Å². The molecule has 2 aliphatic rings. The number of unbranched alkanes of at least 4 members (excludes halogenated alkanes) is 7. The predicted octanol–water partition coefficient (Wildman–Crippen LogP) is 7.35. The minimum absolute atomic E-state index is 0.325. The monoisotopic (exact) mass is 400 g/mol. The highest BCUT2D eigenvalue weighted by Crippen LogP contribution is 2.45. The Hall–Kier alpha value is -1.38. The highest BCUT2D eigenvalue weighted by Gasteiger charge is 2.36. The molecule has 3 rings (SSSR count). The average Bonchev–Trinajstić information content (AvgIpc) is 2.72. The van der Waals surface area contributed by atoms with E-state index in [2.05, 4.69) is 6.92 Å². The fourth-order valence-corrected chi connectivity index (χ4v) is 5.73. The largest absolute Gasteiger partial charge is 0.488 e. The van der Waals surface area contributed by atoms with E-state index in [1.807, 2.05) is 12.1 Å². The number of ether oxygens (including phenoxy) is 1. The van der Waals surface area contributed by atoms with Crippen LogP contribution in [0.4, 0.5) is 11.4 Å². The first kappa shape index (κ1) is 22.3. The van der Waals surface area contributed by atoms with Gasteiger partial charge in [0.2, 0.25) is 0 Å². The SMILES string of the molecule is CCCCCCCCCCC1CCC2CC(Oc3ccc(N)cc3N)CCC2C1. The molecule has 3 heteroatoms. The van der Waals surface area contributed by atoms with Crippen LogP contribution in [0, 0.1) is 17.8 Å². The summed E-state index contributed by atoms with van der Waals surface area (Å²) in [4.78, 5) is 0. The van der Waals surface area contributed by atoms with Gasteiger partial charge in [0.1, 0.15) is 5.75 Å². The van der Waals surface area contributed by atoms with Crippen LogP contribution in [0.2, 0.25) is 0 Å². The van der Waals surface area contributed by atoms with Gasteiger partial charge in [-0.2, -0.15) is 0 Å². The van der Waals surface area contributed by atoms with Crippen LogP contribution in [0.15, 0.2) is 18.2 Å². The summed E-state index contributed by atoms with van der Waals surface area (Å²) in [5, 5.41) is 0. The van der Waals surface area contributed by atoms with E-state index in [1.165, 1.54) is 96.3 Å². The third kappa shape index (κ3) is 7.12. The van der Waals surface area contributed by atoms with Crippen molar-refractivity contribution in [1.82, 2.24) is 0 Å². The molecule has 0 aromatic heterocycles. The van der Waals surface area contributed by atoms with Gasteiger partial charge in [-0.25, -0.2) is 0 Å². The number of anilines is 2. The maximum Gasteiger partial charge on any atom is 0.142 e. The molecule has 4 atom stereocenters. The molecule has 4 N–H and O–H groups in total. The second-order valence-electron chi connectivity index (χ2n) is 9.81. The minimum Gasteiger partial charge on any atom is -0.488 e. The molecule has 2 saturated carbocycles. The molecule has 0 saturated heterocycles. The fraction of sp³-hybridized carbons (Fsp3) is 0.769. The molecule has 0 aliphatic heterocycles. The van der Waals surface area contributed by atoms with E-state index in [4.69, 9.17) is 16.2 Å². The summed E-state index contributed by atoms with van der Waals surface area (Å²) in [5.74, 6) is 3.59. The second-order valence-corrected chi connectivity index (χ2v) is 9.81. The summed E-state index contributed by atoms with van der Waals surface area (Å²) in [6, 6.07) is 5.61. The molecule has 2 aliphatic carbocycles. The van der Waals surface area contributed by atoms with Crippen LogP contribution < -0.4 is 16.2 Å². The van der Waals surface area contributed by atoms with Crippen molar-refractivity contribution < 1.29 is 4.74 Å². The first-order valence-corrected chi connectivity index (χ1v) is 12.5. The van der Waals surface area contributed by atoms with Gasteiger partial charge in [0.15, 0.2) is 0 Å². The molecule has 29 heavy (non-hydrogen) atoms. The van der Waals surface area contributed by atoms with Crippen LogP contribution in [0.1, 0.15) is 103 Å². The third-order valence-corrected chi connectivity index (χ3v) is 7.47. The van der Waals surface area contributed by atoms with Crippen molar-refractivity contribution in [3.8, 4) is 5.75 Å². The molecule has 1 aromatic rings. The molecular weight excluding hydrogens is 356 g/mol. The van der Waals surface area contributed by atoms with Crippen molar-refractivity contribution in [2.45, 2.75) is 109 Å². The van der Waals surface area contributed by atoms with E-state index in [-0.39, 0.29) is 0 Å². The summed E-state index contributed by atoms with van der Waals surface area (Å²) < 4.78 is 6.26. The van der Waals surface area contributed by atoms with Crippen molar-refractivity contribution >= 4 is 11.4 Å². The Kier molecular flexibility index (Phi) is 9.01. The molecule has 164 valence electrons. The number of nitrogen functional groups attached to an aromatic ring is 2. The zero-order valence-electron chi connectivity index (χ0n) is 18.7. The Morgan fingerprint density at radius 2 is 1.52 bits per heavy atom. The van der Waals surface area contributed by atoms with Gasteiger partial charge in [-0.15, -0.1) is 0 Å². The van der Waals surface area contributed by atoms with E-state index in [9.17, 15) is 0 Å². The maximum absolute atomic E-state index is 6.26. The van der Waals surface area contributed by atoms with E-state index in [0.717, 1.165) is 23.5 Å². The lowest BCUT2D eigenvalue weighted by atomic mass is 9.66. The van der Waals surface area contributed by atoms with Gasteiger partial charge >= 0.3 is 0 Å². The Labute approximate surface area is 179 Å². The number of nitrogens with two attached hydrogens (primary N) is 2. The van der Waals surface area contributed by atoms with E-state index in [0.29, 0.717) is 17.5 Å². The van der Waals surface area contributed by atoms with Gasteiger partial charge in [0.05, 0.1) is 11.8 Å². The Balaban J connectivity index is 1.32. The third-order valence-electron chi connectivity index (χ3n) is 7.47. The predicted molar refractivity (Wildman–Crippen MR) is 125 cm³/mol. The van der Waals surface area contributed by atoms with Crippen molar-refractivity contribution in [3.63, 3.8) is 0 Å². The number of rotatable bonds is 11. The molecule has 0 radical (unpaired) electrons. The number of fused-ring (bicyclic) bond motifs is 1. The van der Waals surface area contributed by atoms with Gasteiger partial charge in [0, 0.05) is 5.69 Å². The van der Waals surface area contributed by atoms with Crippen LogP contribution in [-0.4, -0.2) is 6.10 Å². The zero-order chi connectivity index (χ0) is 20.5. The number of hydrogen-bond acceptors (Lipinski definition) is 3. The van der Waals surface area contributed by atoms with Crippen LogP contribution >= 0.6 is 0 Å². The normalized spacial score (nSPS) is 26.8. The van der Waals surface area contributed by atoms with Crippen molar-refractivity contribution in [3.05, 3.63) is 18.2 Å². The Bertz CT molecular complexity index is 602. The molecule has 2 fully saturated rings. The summed E-state index contributed by atoms with van der Waals surface area (Å²) >= 11 is 0. The van der Waals surface area contributed by atoms with Gasteiger partial charge < -0.3 is 16.2 Å². The van der Waals surface area contributed by atoms with Crippen molar-refractivity contribution in [1.29, 1.82) is 0 Å². The topological polar surface area (TPSA) is 61.3 Å². The zero-order valence-corrected chi connectivity index (χ0v) is 18.7. The highest BCUT2D eigenvalue weighted by molar-refractivity contribution is 5.60. The van der Waals surface area contributed by atoms with E-state index >= 15 is 0 Å². The van der Waals surface area contributed by atoms with Gasteiger partial charge in [-0.1, -0.05) is 71.1 Å². The molecule has 0 heterocycles. The summed E-state index contributed by atoms with van der Waals surface area (Å²) in [6.07, 6.45) is 21.3. The molecular formula is C26H44N2O. The molecule has 0 amide bonds. The summed E-state index contributed by atoms with van der Waals surface area (Å²) in [5.41, 5.74) is 13.3. The summed E-state index contributed by atoms with van der Waals surface area (Å²) in [7, 11) is 0. The number of hydrogen-bond donors (Lipinski definition) is 2. The smallest absolute Gasteiger partial charge is 0.142 e. The minimum atomic E-state index is 0.325. The first-order valence-electron chi connectivity index (χ1n) is 12.5. The Morgan fingerprint density at radius 3 is 2.28 bits per heavy atom. The fourth-order valence-electron chi connectivity index (χ4n) is 5.73. The standard InChI is InChI=1S/C26H44N2O/c1-2-3-4-5-6-7-8-9-10-20-11-12-22-18-24(15-13-21(22)17-20)29-26-16-14-23(27)19-25(26)28/h14,16,19-22,24H,2-13,15,17-18,27-28H2,1H3.